The second-order valence-electron chi connectivity index (χ2n) is 6.20. The van der Waals surface area contributed by atoms with E-state index in [1.54, 1.807) is 12.5 Å². The van der Waals surface area contributed by atoms with E-state index in [1.165, 1.54) is 0 Å². The van der Waals surface area contributed by atoms with Crippen LogP contribution in [0.15, 0.2) is 35.2 Å². The van der Waals surface area contributed by atoms with Crippen molar-refractivity contribution in [2.45, 2.75) is 31.8 Å². The number of furan rings is 1. The lowest BCUT2D eigenvalue weighted by molar-refractivity contribution is 0.0508. The Balaban J connectivity index is 1.41. The molecule has 1 N–H and O–H groups in total. The molecule has 0 amide bonds. The van der Waals surface area contributed by atoms with E-state index in [4.69, 9.17) is 4.42 Å². The Morgan fingerprint density at radius 1 is 1.41 bits per heavy atom. The van der Waals surface area contributed by atoms with Crippen molar-refractivity contribution in [3.8, 4) is 0 Å². The predicted octanol–water partition coefficient (Wildman–Crippen LogP) is 2.39. The van der Waals surface area contributed by atoms with Crippen molar-refractivity contribution in [2.75, 3.05) is 19.6 Å². The van der Waals surface area contributed by atoms with Crippen molar-refractivity contribution in [1.82, 2.24) is 14.5 Å². The van der Waals surface area contributed by atoms with Crippen LogP contribution in [0.1, 0.15) is 37.0 Å². The Labute approximate surface area is 131 Å². The number of likely N-dealkylation sites (tertiary alicyclic amines) is 1. The minimum Gasteiger partial charge on any atom is -0.469 e. The predicted molar refractivity (Wildman–Crippen MR) is 84.4 cm³/mol. The van der Waals surface area contributed by atoms with Crippen molar-refractivity contribution in [3.63, 3.8) is 0 Å². The van der Waals surface area contributed by atoms with Crippen LogP contribution in [0.2, 0.25) is 0 Å². The molecule has 1 aliphatic heterocycles. The van der Waals surface area contributed by atoms with Crippen LogP contribution in [-0.2, 0) is 13.5 Å². The normalized spacial score (nSPS) is 18.6. The lowest BCUT2D eigenvalue weighted by Gasteiger charge is -2.33. The molecule has 22 heavy (non-hydrogen) atoms. The minimum absolute atomic E-state index is 0.322. The fourth-order valence-corrected chi connectivity index (χ4v) is 3.30. The fourth-order valence-electron chi connectivity index (χ4n) is 3.30. The molecule has 2 aromatic heterocycles. The van der Waals surface area contributed by atoms with Gasteiger partial charge in [-0.2, -0.15) is 0 Å². The number of hydrogen-bond acceptors (Lipinski definition) is 4. The molecule has 120 valence electrons. The van der Waals surface area contributed by atoms with Gasteiger partial charge in [-0.1, -0.05) is 0 Å². The van der Waals surface area contributed by atoms with Gasteiger partial charge in [-0.3, -0.25) is 0 Å². The van der Waals surface area contributed by atoms with Gasteiger partial charge in [-0.05, 0) is 56.9 Å². The summed E-state index contributed by atoms with van der Waals surface area (Å²) < 4.78 is 7.28. The first-order valence-corrected chi connectivity index (χ1v) is 8.14. The fraction of sp³-hybridized carbons (Fsp3) is 0.588. The maximum absolute atomic E-state index is 10.5. The number of aromatic nitrogens is 2. The SMILES string of the molecule is Cn1ccnc1[C@H](O)C1CCN(CCCc2ccco2)CC1. The molecular weight excluding hydrogens is 278 g/mol. The number of piperidine rings is 1. The van der Waals surface area contributed by atoms with Gasteiger partial charge in [0.25, 0.3) is 0 Å². The Bertz CT molecular complexity index is 556. The summed E-state index contributed by atoms with van der Waals surface area (Å²) in [5, 5.41) is 10.5. The maximum Gasteiger partial charge on any atom is 0.137 e. The maximum atomic E-state index is 10.5. The Kier molecular flexibility index (Phi) is 4.95. The van der Waals surface area contributed by atoms with Crippen LogP contribution in [0.3, 0.4) is 0 Å². The Hall–Kier alpha value is -1.59. The zero-order valence-electron chi connectivity index (χ0n) is 13.2. The minimum atomic E-state index is -0.440. The molecule has 0 bridgehead atoms. The Morgan fingerprint density at radius 2 is 2.23 bits per heavy atom. The van der Waals surface area contributed by atoms with Crippen LogP contribution < -0.4 is 0 Å². The average Bonchev–Trinajstić information content (AvgIpc) is 3.19. The van der Waals surface area contributed by atoms with E-state index in [2.05, 4.69) is 9.88 Å². The van der Waals surface area contributed by atoms with Gasteiger partial charge in [0.15, 0.2) is 0 Å². The van der Waals surface area contributed by atoms with E-state index >= 15 is 0 Å². The molecule has 3 rings (SSSR count). The number of hydrogen-bond donors (Lipinski definition) is 1. The second kappa shape index (κ2) is 7.11. The third-order valence-corrected chi connectivity index (χ3v) is 4.68. The average molecular weight is 303 g/mol. The van der Waals surface area contributed by atoms with Crippen molar-refractivity contribution < 1.29 is 9.52 Å². The highest BCUT2D eigenvalue weighted by Crippen LogP contribution is 2.29. The molecule has 3 heterocycles. The number of aliphatic hydroxyl groups is 1. The monoisotopic (exact) mass is 303 g/mol. The standard InChI is InChI=1S/C17H25N3O2/c1-19-12-8-18-17(19)16(21)14-6-10-20(11-7-14)9-2-4-15-5-3-13-22-15/h3,5,8,12-14,16,21H,2,4,6-7,9-11H2,1H3/t16-/m1/s1. The van der Waals surface area contributed by atoms with Crippen LogP contribution in [0.25, 0.3) is 0 Å². The molecule has 0 spiro atoms. The van der Waals surface area contributed by atoms with E-state index in [9.17, 15) is 5.11 Å². The summed E-state index contributed by atoms with van der Waals surface area (Å²) >= 11 is 0. The third-order valence-electron chi connectivity index (χ3n) is 4.68. The van der Waals surface area contributed by atoms with Crippen LogP contribution in [0, 0.1) is 5.92 Å². The van der Waals surface area contributed by atoms with Crippen LogP contribution in [0.5, 0.6) is 0 Å². The lowest BCUT2D eigenvalue weighted by atomic mass is 9.90. The molecular formula is C17H25N3O2. The highest BCUT2D eigenvalue weighted by molar-refractivity contribution is 4.99. The first kappa shape index (κ1) is 15.3. The highest BCUT2D eigenvalue weighted by atomic mass is 16.3. The zero-order valence-corrected chi connectivity index (χ0v) is 13.2. The van der Waals surface area contributed by atoms with Gasteiger partial charge in [0, 0.05) is 25.9 Å². The number of rotatable bonds is 6. The molecule has 0 aromatic carbocycles. The van der Waals surface area contributed by atoms with Gasteiger partial charge in [-0.15, -0.1) is 0 Å². The molecule has 0 saturated carbocycles. The first-order chi connectivity index (χ1) is 10.7. The van der Waals surface area contributed by atoms with Gasteiger partial charge in [0.05, 0.1) is 6.26 Å². The largest absolute Gasteiger partial charge is 0.469 e. The summed E-state index contributed by atoms with van der Waals surface area (Å²) in [7, 11) is 1.94. The molecule has 1 atom stereocenters. The van der Waals surface area contributed by atoms with Gasteiger partial charge in [-0.25, -0.2) is 4.98 Å². The van der Waals surface area contributed by atoms with Crippen molar-refractivity contribution >= 4 is 0 Å². The van der Waals surface area contributed by atoms with E-state index < -0.39 is 6.10 Å². The van der Waals surface area contributed by atoms with Crippen molar-refractivity contribution in [1.29, 1.82) is 0 Å². The molecule has 5 nitrogen and oxygen atoms in total. The number of imidazole rings is 1. The quantitative estimate of drug-likeness (QED) is 0.890. The molecule has 0 aliphatic carbocycles. The summed E-state index contributed by atoms with van der Waals surface area (Å²) in [4.78, 5) is 6.77. The van der Waals surface area contributed by atoms with E-state index in [1.807, 2.05) is 29.9 Å². The molecule has 1 aliphatic rings. The van der Waals surface area contributed by atoms with E-state index in [0.717, 1.165) is 56.9 Å². The van der Waals surface area contributed by atoms with E-state index in [-0.39, 0.29) is 0 Å². The van der Waals surface area contributed by atoms with Crippen molar-refractivity contribution in [2.24, 2.45) is 13.0 Å². The lowest BCUT2D eigenvalue weighted by Crippen LogP contribution is -2.36. The molecule has 0 unspecified atom stereocenters. The molecule has 2 aromatic rings. The van der Waals surface area contributed by atoms with Crippen LogP contribution in [-0.4, -0.2) is 39.2 Å². The molecule has 5 heteroatoms. The number of aryl methyl sites for hydroxylation is 2. The molecule has 0 radical (unpaired) electrons. The van der Waals surface area contributed by atoms with Crippen molar-refractivity contribution in [3.05, 3.63) is 42.4 Å². The summed E-state index contributed by atoms with van der Waals surface area (Å²) in [6.45, 7) is 3.22. The van der Waals surface area contributed by atoms with Gasteiger partial charge < -0.3 is 19.0 Å². The van der Waals surface area contributed by atoms with Crippen LogP contribution >= 0.6 is 0 Å². The molecule has 1 fully saturated rings. The van der Waals surface area contributed by atoms with Gasteiger partial charge in [0.1, 0.15) is 17.7 Å². The molecule has 1 saturated heterocycles. The summed E-state index contributed by atoms with van der Waals surface area (Å²) in [6.07, 6.45) is 9.14. The highest BCUT2D eigenvalue weighted by Gasteiger charge is 2.28. The van der Waals surface area contributed by atoms with Gasteiger partial charge in [0.2, 0.25) is 0 Å². The van der Waals surface area contributed by atoms with E-state index in [0.29, 0.717) is 5.92 Å². The van der Waals surface area contributed by atoms with Crippen LogP contribution in [0.4, 0.5) is 0 Å². The second-order valence-corrected chi connectivity index (χ2v) is 6.20. The number of nitrogens with zero attached hydrogens (tertiary/aromatic N) is 3. The topological polar surface area (TPSA) is 54.4 Å². The third kappa shape index (κ3) is 3.59. The Morgan fingerprint density at radius 3 is 2.86 bits per heavy atom. The summed E-state index contributed by atoms with van der Waals surface area (Å²) in [6, 6.07) is 3.98. The smallest absolute Gasteiger partial charge is 0.137 e. The first-order valence-electron chi connectivity index (χ1n) is 8.14. The number of aliphatic hydroxyl groups excluding tert-OH is 1. The zero-order chi connectivity index (χ0) is 15.4. The summed E-state index contributed by atoms with van der Waals surface area (Å²) in [5.41, 5.74) is 0. The summed E-state index contributed by atoms with van der Waals surface area (Å²) in [5.74, 6) is 2.18. The van der Waals surface area contributed by atoms with Gasteiger partial charge >= 0.3 is 0 Å².